The number of benzene rings is 2. The minimum absolute atomic E-state index is 0.0305. The minimum atomic E-state index is -1.66. The van der Waals surface area contributed by atoms with E-state index in [4.69, 9.17) is 14.2 Å². The molecule has 0 radical (unpaired) electrons. The number of anilines is 1. The van der Waals surface area contributed by atoms with Crippen molar-refractivity contribution in [2.75, 3.05) is 31.6 Å². The largest absolute Gasteiger partial charge is 0.506 e. The molecule has 0 saturated heterocycles. The molecule has 13 nitrogen and oxygen atoms in total. The zero-order valence-corrected chi connectivity index (χ0v) is 26.5. The number of aliphatic hydroxyl groups is 4. The van der Waals surface area contributed by atoms with E-state index in [0.29, 0.717) is 30.8 Å². The monoisotopic (exact) mass is 643 g/mol. The fourth-order valence-corrected chi connectivity index (χ4v) is 4.47. The molecule has 6 N–H and O–H groups in total. The van der Waals surface area contributed by atoms with Crippen LogP contribution in [0.5, 0.6) is 5.75 Å². The van der Waals surface area contributed by atoms with Gasteiger partial charge in [-0.3, -0.25) is 9.59 Å². The maximum absolute atomic E-state index is 12.8. The summed E-state index contributed by atoms with van der Waals surface area (Å²) in [6, 6.07) is 15.2. The second-order valence-electron chi connectivity index (χ2n) is 11.8. The molecule has 46 heavy (non-hydrogen) atoms. The number of aliphatic hydroxyl groups excluding tert-OH is 4. The number of hydrogen-bond donors (Lipinski definition) is 6. The summed E-state index contributed by atoms with van der Waals surface area (Å²) in [5, 5.41) is 44.7. The Balaban J connectivity index is 1.43. The lowest BCUT2D eigenvalue weighted by molar-refractivity contribution is -0.192. The lowest BCUT2D eigenvalue weighted by Crippen LogP contribution is -2.45. The quantitative estimate of drug-likeness (QED) is 0.155. The predicted molar refractivity (Wildman–Crippen MR) is 169 cm³/mol. The van der Waals surface area contributed by atoms with Crippen LogP contribution in [-0.4, -0.2) is 93.6 Å². The van der Waals surface area contributed by atoms with E-state index in [0.717, 1.165) is 19.3 Å². The number of carbonyl (C=O) groups excluding carboxylic acids is 3. The predicted octanol–water partition coefficient (Wildman–Crippen LogP) is 4.03. The van der Waals surface area contributed by atoms with Crippen LogP contribution in [0.3, 0.4) is 0 Å². The van der Waals surface area contributed by atoms with Gasteiger partial charge in [0.05, 0.1) is 6.61 Å². The number of nitrogens with zero attached hydrogens (tertiary/aromatic N) is 1. The Labute approximate surface area is 268 Å². The number of unbranched alkanes of at least 4 members (excludes halogenated alkanes) is 3. The lowest BCUT2D eigenvalue weighted by atomic mass is 10.1. The Kier molecular flexibility index (Phi) is 13.7. The van der Waals surface area contributed by atoms with Crippen LogP contribution < -0.4 is 15.4 Å². The van der Waals surface area contributed by atoms with Crippen LogP contribution >= 0.6 is 0 Å². The van der Waals surface area contributed by atoms with Crippen molar-refractivity contribution < 1.29 is 49.0 Å². The van der Waals surface area contributed by atoms with Crippen LogP contribution in [0.25, 0.3) is 0 Å². The van der Waals surface area contributed by atoms with E-state index < -0.39 is 48.3 Å². The van der Waals surface area contributed by atoms with Gasteiger partial charge in [0.15, 0.2) is 17.6 Å². The molecular formula is C33H45N3O10. The molecule has 0 aliphatic carbocycles. The van der Waals surface area contributed by atoms with Crippen LogP contribution in [0, 0.1) is 0 Å². The summed E-state index contributed by atoms with van der Waals surface area (Å²) in [7, 11) is 0. The van der Waals surface area contributed by atoms with Gasteiger partial charge in [0.1, 0.15) is 17.5 Å². The molecule has 252 valence electrons. The van der Waals surface area contributed by atoms with Crippen LogP contribution in [0.1, 0.15) is 63.2 Å². The molecule has 1 heterocycles. The third kappa shape index (κ3) is 11.5. The number of ether oxygens (including phenoxy) is 3. The average molecular weight is 644 g/mol. The SMILES string of the molecule is CC(C)(C)OC(=O)N(CCCCCCNC(=O)c1ccccc1)CCC(=O)Nc1ccc(O[C@H]2O[C@H](CO)C(O)=C(O)[C@H]2O)cc1. The van der Waals surface area contributed by atoms with Gasteiger partial charge in [0, 0.05) is 37.3 Å². The molecule has 2 aromatic carbocycles. The number of carbonyl (C=O) groups is 3. The van der Waals surface area contributed by atoms with Crippen molar-refractivity contribution in [2.45, 2.75) is 77.0 Å². The van der Waals surface area contributed by atoms with Crippen molar-refractivity contribution in [2.24, 2.45) is 0 Å². The van der Waals surface area contributed by atoms with Crippen molar-refractivity contribution >= 4 is 23.6 Å². The van der Waals surface area contributed by atoms with Crippen molar-refractivity contribution in [3.05, 3.63) is 71.7 Å². The van der Waals surface area contributed by atoms with E-state index in [1.165, 1.54) is 17.0 Å². The van der Waals surface area contributed by atoms with E-state index in [1.54, 1.807) is 45.0 Å². The van der Waals surface area contributed by atoms with Gasteiger partial charge < -0.3 is 50.2 Å². The Morgan fingerprint density at radius 2 is 1.59 bits per heavy atom. The second kappa shape index (κ2) is 17.4. The molecule has 0 spiro atoms. The molecule has 3 rings (SSSR count). The first-order valence-electron chi connectivity index (χ1n) is 15.3. The summed E-state index contributed by atoms with van der Waals surface area (Å²) < 4.78 is 16.4. The number of hydrogen-bond acceptors (Lipinski definition) is 10. The second-order valence-corrected chi connectivity index (χ2v) is 11.8. The van der Waals surface area contributed by atoms with Gasteiger partial charge in [-0.1, -0.05) is 31.0 Å². The topological polar surface area (TPSA) is 187 Å². The highest BCUT2D eigenvalue weighted by molar-refractivity contribution is 5.94. The van der Waals surface area contributed by atoms with E-state index in [2.05, 4.69) is 10.6 Å². The molecule has 3 amide bonds. The molecule has 13 heteroatoms. The molecule has 3 atom stereocenters. The average Bonchev–Trinajstić information content (AvgIpc) is 3.02. The summed E-state index contributed by atoms with van der Waals surface area (Å²) in [5.74, 6) is -1.60. The first kappa shape index (κ1) is 36.1. The van der Waals surface area contributed by atoms with E-state index in [9.17, 15) is 34.8 Å². The molecule has 0 bridgehead atoms. The van der Waals surface area contributed by atoms with Crippen molar-refractivity contribution in [1.29, 1.82) is 0 Å². The molecular weight excluding hydrogens is 598 g/mol. The van der Waals surface area contributed by atoms with Crippen LogP contribution in [0.4, 0.5) is 10.5 Å². The lowest BCUT2D eigenvalue weighted by Gasteiger charge is -2.32. The molecule has 2 aromatic rings. The molecule has 1 aliphatic heterocycles. The van der Waals surface area contributed by atoms with E-state index in [1.807, 2.05) is 18.2 Å². The highest BCUT2D eigenvalue weighted by Crippen LogP contribution is 2.26. The Hall–Kier alpha value is -4.33. The fourth-order valence-electron chi connectivity index (χ4n) is 4.47. The summed E-state index contributed by atoms with van der Waals surface area (Å²) in [5.41, 5.74) is 0.390. The van der Waals surface area contributed by atoms with Gasteiger partial charge >= 0.3 is 6.09 Å². The molecule has 0 aromatic heterocycles. The Morgan fingerprint density at radius 3 is 2.24 bits per heavy atom. The summed E-state index contributed by atoms with van der Waals surface area (Å²) >= 11 is 0. The first-order chi connectivity index (χ1) is 21.9. The molecule has 0 fully saturated rings. The van der Waals surface area contributed by atoms with Gasteiger partial charge in [-0.2, -0.15) is 0 Å². The molecule has 0 unspecified atom stereocenters. The zero-order chi connectivity index (χ0) is 33.7. The number of rotatable bonds is 15. The van der Waals surface area contributed by atoms with E-state index in [-0.39, 0.29) is 30.5 Å². The van der Waals surface area contributed by atoms with Crippen LogP contribution in [0.2, 0.25) is 0 Å². The maximum Gasteiger partial charge on any atom is 0.410 e. The van der Waals surface area contributed by atoms with Crippen molar-refractivity contribution in [1.82, 2.24) is 10.2 Å². The highest BCUT2D eigenvalue weighted by atomic mass is 16.7. The van der Waals surface area contributed by atoms with Gasteiger partial charge in [-0.05, 0) is 70.0 Å². The molecule has 1 aliphatic rings. The first-order valence-corrected chi connectivity index (χ1v) is 15.3. The summed E-state index contributed by atoms with van der Waals surface area (Å²) in [6.07, 6.45) is -1.54. The maximum atomic E-state index is 12.8. The number of nitrogens with one attached hydrogen (secondary N) is 2. The highest BCUT2D eigenvalue weighted by Gasteiger charge is 2.38. The summed E-state index contributed by atoms with van der Waals surface area (Å²) in [6.45, 7) is 5.84. The van der Waals surface area contributed by atoms with Gasteiger partial charge in [-0.15, -0.1) is 0 Å². The zero-order valence-electron chi connectivity index (χ0n) is 26.5. The van der Waals surface area contributed by atoms with Crippen LogP contribution in [0.15, 0.2) is 66.1 Å². The van der Waals surface area contributed by atoms with Crippen molar-refractivity contribution in [3.8, 4) is 5.75 Å². The molecule has 0 saturated carbocycles. The summed E-state index contributed by atoms with van der Waals surface area (Å²) in [4.78, 5) is 39.2. The minimum Gasteiger partial charge on any atom is -0.506 e. The van der Waals surface area contributed by atoms with Gasteiger partial charge in [0.25, 0.3) is 5.91 Å². The third-order valence-corrected chi connectivity index (χ3v) is 6.90. The normalized spacial score (nSPS) is 18.1. The Bertz CT molecular complexity index is 1310. The van der Waals surface area contributed by atoms with Crippen LogP contribution in [-0.2, 0) is 14.3 Å². The number of amides is 3. The third-order valence-electron chi connectivity index (χ3n) is 6.90. The standard InChI is InChI=1S/C33H45N3O10/c1-33(2,3)46-32(43)36(19-10-5-4-9-18-34-30(42)22-11-7-6-8-12-22)20-17-26(38)35-23-13-15-24(16-14-23)44-31-29(41)28(40)27(39)25(21-37)45-31/h6-8,11-16,25,29,31,37,39-41H,4-5,9-10,17-21H2,1-3H3,(H,34,42)(H,35,38)/t25-,29-,31+/m1/s1. The van der Waals surface area contributed by atoms with Crippen molar-refractivity contribution in [3.63, 3.8) is 0 Å². The van der Waals surface area contributed by atoms with Gasteiger partial charge in [0.2, 0.25) is 12.2 Å². The van der Waals surface area contributed by atoms with Gasteiger partial charge in [-0.25, -0.2) is 4.79 Å². The smallest absolute Gasteiger partial charge is 0.410 e. The van der Waals surface area contributed by atoms with E-state index >= 15 is 0 Å². The Morgan fingerprint density at radius 1 is 0.913 bits per heavy atom. The fraction of sp³-hybridized carbons (Fsp3) is 0.485.